The van der Waals surface area contributed by atoms with Crippen molar-refractivity contribution in [1.29, 1.82) is 0 Å². The Morgan fingerprint density at radius 1 is 0.976 bits per heavy atom. The average molecular weight is 645 g/mol. The lowest BCUT2D eigenvalue weighted by Crippen LogP contribution is -2.52. The van der Waals surface area contributed by atoms with E-state index < -0.39 is 28.5 Å². The summed E-state index contributed by atoms with van der Waals surface area (Å²) in [6.45, 7) is 9.44. The lowest BCUT2D eigenvalue weighted by molar-refractivity contribution is -0.139. The number of anilines is 1. The third-order valence-electron chi connectivity index (χ3n) is 6.72. The summed E-state index contributed by atoms with van der Waals surface area (Å²) < 4.78 is 35.2. The number of hydrogen-bond acceptors (Lipinski definition) is 5. The lowest BCUT2D eigenvalue weighted by Gasteiger charge is -2.32. The molecule has 0 saturated carbocycles. The summed E-state index contributed by atoms with van der Waals surface area (Å²) in [7, 11) is -4.15. The largest absolute Gasteiger partial charge is 0.494 e. The quantitative estimate of drug-likeness (QED) is 0.258. The third kappa shape index (κ3) is 8.56. The Morgan fingerprint density at radius 3 is 2.22 bits per heavy atom. The van der Waals surface area contributed by atoms with E-state index in [1.807, 2.05) is 52.0 Å². The zero-order valence-electron chi connectivity index (χ0n) is 24.1. The van der Waals surface area contributed by atoms with Gasteiger partial charge in [-0.25, -0.2) is 8.42 Å². The van der Waals surface area contributed by atoms with E-state index in [0.717, 1.165) is 26.3 Å². The van der Waals surface area contributed by atoms with Crippen LogP contribution in [0.4, 0.5) is 5.69 Å². The fraction of sp³-hybridized carbons (Fsp3) is 0.355. The Hall–Kier alpha value is -3.37. The molecule has 0 saturated heterocycles. The van der Waals surface area contributed by atoms with Gasteiger partial charge in [0.2, 0.25) is 11.8 Å². The molecule has 1 N–H and O–H groups in total. The molecular weight excluding hydrogens is 606 g/mol. The highest BCUT2D eigenvalue weighted by Crippen LogP contribution is 2.27. The zero-order chi connectivity index (χ0) is 30.2. The van der Waals surface area contributed by atoms with Crippen LogP contribution in [0.15, 0.2) is 82.2 Å². The normalized spacial score (nSPS) is 12.7. The van der Waals surface area contributed by atoms with E-state index in [1.54, 1.807) is 43.3 Å². The number of halogens is 1. The standard InChI is InChI=1S/C31H38BrN3O5S/c1-6-23(4)33-31(37)24(5)34(20-25-10-8-9-22(3)19-25)30(36)21-35(27-13-15-28(16-14-27)40-7-2)41(38,39)29-17-11-26(32)12-18-29/h8-19,23-24H,6-7,20-21H2,1-5H3,(H,33,37). The van der Waals surface area contributed by atoms with Crippen LogP contribution < -0.4 is 14.4 Å². The number of sulfonamides is 1. The van der Waals surface area contributed by atoms with Crippen LogP contribution in [-0.4, -0.2) is 50.4 Å². The molecule has 2 atom stereocenters. The van der Waals surface area contributed by atoms with Crippen molar-refractivity contribution in [3.05, 3.63) is 88.4 Å². The van der Waals surface area contributed by atoms with Gasteiger partial charge in [-0.1, -0.05) is 52.7 Å². The first kappa shape index (κ1) is 32.1. The number of carbonyl (C=O) groups excluding carboxylic acids is 2. The summed E-state index contributed by atoms with van der Waals surface area (Å²) >= 11 is 3.34. The van der Waals surface area contributed by atoms with Gasteiger partial charge in [0, 0.05) is 17.1 Å². The first-order valence-electron chi connectivity index (χ1n) is 13.6. The van der Waals surface area contributed by atoms with E-state index in [-0.39, 0.29) is 23.4 Å². The molecule has 41 heavy (non-hydrogen) atoms. The maximum Gasteiger partial charge on any atom is 0.264 e. The number of hydrogen-bond donors (Lipinski definition) is 1. The molecule has 0 heterocycles. The molecule has 3 aromatic carbocycles. The van der Waals surface area contributed by atoms with Crippen molar-refractivity contribution in [2.45, 2.75) is 64.6 Å². The van der Waals surface area contributed by atoms with Crippen LogP contribution in [-0.2, 0) is 26.2 Å². The van der Waals surface area contributed by atoms with Crippen molar-refractivity contribution in [2.75, 3.05) is 17.5 Å². The molecule has 0 aromatic heterocycles. The Labute approximate surface area is 251 Å². The van der Waals surface area contributed by atoms with Gasteiger partial charge >= 0.3 is 0 Å². The molecule has 0 aliphatic carbocycles. The second kappa shape index (κ2) is 14.5. The molecule has 0 aliphatic heterocycles. The van der Waals surface area contributed by atoms with E-state index in [2.05, 4.69) is 21.2 Å². The number of ether oxygens (including phenoxy) is 1. The van der Waals surface area contributed by atoms with Crippen LogP contribution in [0.25, 0.3) is 0 Å². The summed E-state index contributed by atoms with van der Waals surface area (Å²) in [5, 5.41) is 2.94. The Balaban J connectivity index is 2.03. The molecule has 0 fully saturated rings. The van der Waals surface area contributed by atoms with Gasteiger partial charge in [0.05, 0.1) is 17.2 Å². The predicted octanol–water partition coefficient (Wildman–Crippen LogP) is 5.68. The minimum absolute atomic E-state index is 0.0372. The predicted molar refractivity (Wildman–Crippen MR) is 165 cm³/mol. The fourth-order valence-electron chi connectivity index (χ4n) is 4.19. The van der Waals surface area contributed by atoms with Gasteiger partial charge in [0.15, 0.2) is 0 Å². The van der Waals surface area contributed by atoms with Crippen LogP contribution in [0, 0.1) is 6.92 Å². The molecule has 0 aliphatic rings. The summed E-state index contributed by atoms with van der Waals surface area (Å²) in [6.07, 6.45) is 0.737. The fourth-order valence-corrected chi connectivity index (χ4v) is 5.87. The van der Waals surface area contributed by atoms with Crippen molar-refractivity contribution in [3.8, 4) is 5.75 Å². The van der Waals surface area contributed by atoms with Crippen molar-refractivity contribution in [2.24, 2.45) is 0 Å². The van der Waals surface area contributed by atoms with E-state index in [9.17, 15) is 18.0 Å². The highest BCUT2D eigenvalue weighted by molar-refractivity contribution is 9.10. The number of nitrogens with zero attached hydrogens (tertiary/aromatic N) is 2. The van der Waals surface area contributed by atoms with E-state index in [1.165, 1.54) is 17.0 Å². The minimum atomic E-state index is -4.15. The van der Waals surface area contributed by atoms with Crippen molar-refractivity contribution in [1.82, 2.24) is 10.2 Å². The molecule has 2 amide bonds. The van der Waals surface area contributed by atoms with Crippen LogP contribution in [0.3, 0.4) is 0 Å². The molecule has 2 unspecified atom stereocenters. The van der Waals surface area contributed by atoms with E-state index in [4.69, 9.17) is 4.74 Å². The SMILES string of the molecule is CCOc1ccc(N(CC(=O)N(Cc2cccc(C)c2)C(C)C(=O)NC(C)CC)S(=O)(=O)c2ccc(Br)cc2)cc1. The maximum atomic E-state index is 14.0. The second-order valence-corrected chi connectivity index (χ2v) is 12.7. The monoisotopic (exact) mass is 643 g/mol. The van der Waals surface area contributed by atoms with Gasteiger partial charge in [-0.3, -0.25) is 13.9 Å². The Morgan fingerprint density at radius 2 is 1.63 bits per heavy atom. The Bertz CT molecular complexity index is 1430. The van der Waals surface area contributed by atoms with Crippen LogP contribution in [0.5, 0.6) is 5.75 Å². The average Bonchev–Trinajstić information content (AvgIpc) is 2.95. The Kier molecular flexibility index (Phi) is 11.4. The number of aryl methyl sites for hydroxylation is 1. The van der Waals surface area contributed by atoms with Crippen molar-refractivity contribution in [3.63, 3.8) is 0 Å². The van der Waals surface area contributed by atoms with Crippen LogP contribution >= 0.6 is 15.9 Å². The first-order chi connectivity index (χ1) is 19.5. The van der Waals surface area contributed by atoms with Gasteiger partial charge in [-0.2, -0.15) is 0 Å². The highest BCUT2D eigenvalue weighted by Gasteiger charge is 2.32. The molecule has 8 nitrogen and oxygen atoms in total. The molecule has 10 heteroatoms. The number of carbonyl (C=O) groups is 2. The third-order valence-corrected chi connectivity index (χ3v) is 9.04. The van der Waals surface area contributed by atoms with Crippen molar-refractivity contribution < 1.29 is 22.7 Å². The highest BCUT2D eigenvalue weighted by atomic mass is 79.9. The zero-order valence-corrected chi connectivity index (χ0v) is 26.5. The van der Waals surface area contributed by atoms with E-state index >= 15 is 0 Å². The molecule has 0 spiro atoms. The van der Waals surface area contributed by atoms with Crippen LogP contribution in [0.1, 0.15) is 45.2 Å². The summed E-state index contributed by atoms with van der Waals surface area (Å²) in [6, 6.07) is 19.6. The lowest BCUT2D eigenvalue weighted by atomic mass is 10.1. The molecule has 220 valence electrons. The van der Waals surface area contributed by atoms with Gasteiger partial charge < -0.3 is 15.0 Å². The minimum Gasteiger partial charge on any atom is -0.494 e. The topological polar surface area (TPSA) is 96.0 Å². The van der Waals surface area contributed by atoms with Gasteiger partial charge in [0.1, 0.15) is 18.3 Å². The second-order valence-electron chi connectivity index (χ2n) is 9.90. The number of amides is 2. The van der Waals surface area contributed by atoms with Gasteiger partial charge in [0.25, 0.3) is 10.0 Å². The van der Waals surface area contributed by atoms with Crippen LogP contribution in [0.2, 0.25) is 0 Å². The van der Waals surface area contributed by atoms with Crippen molar-refractivity contribution >= 4 is 43.5 Å². The molecule has 3 aromatic rings. The van der Waals surface area contributed by atoms with Gasteiger partial charge in [-0.05, 0) is 88.2 Å². The molecule has 3 rings (SSSR count). The maximum absolute atomic E-state index is 14.0. The first-order valence-corrected chi connectivity index (χ1v) is 15.9. The summed E-state index contributed by atoms with van der Waals surface area (Å²) in [5.74, 6) is -0.225. The number of rotatable bonds is 13. The molecular formula is C31H38BrN3O5S. The van der Waals surface area contributed by atoms with Gasteiger partial charge in [-0.15, -0.1) is 0 Å². The number of nitrogens with one attached hydrogen (secondary N) is 1. The smallest absolute Gasteiger partial charge is 0.264 e. The van der Waals surface area contributed by atoms with E-state index in [0.29, 0.717) is 18.0 Å². The summed E-state index contributed by atoms with van der Waals surface area (Å²) in [5.41, 5.74) is 2.15. The molecule has 0 bridgehead atoms. The number of benzene rings is 3. The molecule has 0 radical (unpaired) electrons. The summed E-state index contributed by atoms with van der Waals surface area (Å²) in [4.78, 5) is 28.7.